The van der Waals surface area contributed by atoms with E-state index in [0.717, 1.165) is 109 Å². The van der Waals surface area contributed by atoms with Crippen molar-refractivity contribution in [3.05, 3.63) is 115 Å². The molecule has 0 radical (unpaired) electrons. The Bertz CT molecular complexity index is 2290. The molecule has 0 saturated carbocycles. The second-order valence-electron chi connectivity index (χ2n) is 15.9. The average molecular weight is 742 g/mol. The summed E-state index contributed by atoms with van der Waals surface area (Å²) in [6.07, 6.45) is 6.27. The van der Waals surface area contributed by atoms with Gasteiger partial charge in [0.15, 0.2) is 0 Å². The second-order valence-corrected chi connectivity index (χ2v) is 15.9. The molecule has 1 aromatic carbocycles. The Labute approximate surface area is 323 Å². The summed E-state index contributed by atoms with van der Waals surface area (Å²) in [5.74, 6) is -0.222. The number of aliphatic hydroxyl groups excluding tert-OH is 1. The van der Waals surface area contributed by atoms with Gasteiger partial charge >= 0.3 is 12.1 Å². The summed E-state index contributed by atoms with van der Waals surface area (Å²) in [5, 5.41) is 18.3. The third kappa shape index (κ3) is 6.76. The number of aliphatic imine (C=N–C) groups is 3. The number of amides is 1. The zero-order chi connectivity index (χ0) is 39.5. The van der Waals surface area contributed by atoms with Gasteiger partial charge in [0.1, 0.15) is 11.4 Å². The van der Waals surface area contributed by atoms with Crippen molar-refractivity contribution in [2.45, 2.75) is 100 Å². The van der Waals surface area contributed by atoms with Crippen molar-refractivity contribution in [2.24, 2.45) is 26.8 Å². The minimum Gasteiger partial charge on any atom is -0.511 e. The van der Waals surface area contributed by atoms with Crippen LogP contribution in [0.2, 0.25) is 0 Å². The lowest BCUT2D eigenvalue weighted by Crippen LogP contribution is -2.27. The fourth-order valence-corrected chi connectivity index (χ4v) is 8.60. The quantitative estimate of drug-likeness (QED) is 0.238. The number of ether oxygens (including phenoxy) is 2. The maximum atomic E-state index is 12.9. The number of allylic oxidation sites excluding steroid dienone is 12. The van der Waals surface area contributed by atoms with E-state index in [1.807, 2.05) is 52.0 Å². The van der Waals surface area contributed by atoms with Crippen LogP contribution in [0, 0.1) is 11.8 Å². The summed E-state index contributed by atoms with van der Waals surface area (Å²) >= 11 is 0. The monoisotopic (exact) mass is 741 g/mol. The highest BCUT2D eigenvalue weighted by Gasteiger charge is 2.43. The summed E-state index contributed by atoms with van der Waals surface area (Å²) in [4.78, 5) is 41.4. The van der Waals surface area contributed by atoms with E-state index < -0.39 is 11.7 Å². The van der Waals surface area contributed by atoms with Crippen LogP contribution in [0.1, 0.15) is 100.0 Å². The van der Waals surface area contributed by atoms with Gasteiger partial charge < -0.3 is 19.9 Å². The molecular formula is C45H51N5O5. The fraction of sp³-hybridized carbons (Fsp3) is 0.400. The van der Waals surface area contributed by atoms with Crippen LogP contribution in [0.25, 0.3) is 5.57 Å². The van der Waals surface area contributed by atoms with Crippen molar-refractivity contribution >= 4 is 40.5 Å². The van der Waals surface area contributed by atoms with Crippen LogP contribution in [0.4, 0.5) is 10.5 Å². The van der Waals surface area contributed by atoms with E-state index in [0.29, 0.717) is 18.5 Å². The highest BCUT2D eigenvalue weighted by molar-refractivity contribution is 6.34. The number of rotatable bonds is 7. The van der Waals surface area contributed by atoms with Crippen LogP contribution >= 0.6 is 0 Å². The van der Waals surface area contributed by atoms with Crippen LogP contribution in [-0.4, -0.2) is 47.0 Å². The number of esters is 1. The molecule has 10 nitrogen and oxygen atoms in total. The van der Waals surface area contributed by atoms with Gasteiger partial charge in [-0.25, -0.2) is 19.8 Å². The minimum atomic E-state index is -0.658. The molecule has 1 amide bonds. The lowest BCUT2D eigenvalue weighted by molar-refractivity contribution is -0.140. The number of nitrogens with zero attached hydrogens (tertiary/aromatic N) is 3. The highest BCUT2D eigenvalue weighted by Crippen LogP contribution is 2.48. The molecule has 6 aliphatic rings. The molecule has 7 rings (SSSR count). The Morgan fingerprint density at radius 3 is 2.33 bits per heavy atom. The van der Waals surface area contributed by atoms with Gasteiger partial charge in [-0.05, 0) is 119 Å². The molecule has 55 heavy (non-hydrogen) atoms. The van der Waals surface area contributed by atoms with E-state index in [-0.39, 0.29) is 30.0 Å². The number of methoxy groups -OCH3 is 1. The first-order valence-corrected chi connectivity index (χ1v) is 19.3. The smallest absolute Gasteiger partial charge is 0.412 e. The minimum absolute atomic E-state index is 0.101. The Morgan fingerprint density at radius 2 is 1.64 bits per heavy atom. The summed E-state index contributed by atoms with van der Waals surface area (Å²) < 4.78 is 10.7. The van der Waals surface area contributed by atoms with E-state index in [4.69, 9.17) is 24.5 Å². The largest absolute Gasteiger partial charge is 0.511 e. The number of fused-ring (bicyclic) bond motifs is 5. The van der Waals surface area contributed by atoms with E-state index in [9.17, 15) is 14.7 Å². The van der Waals surface area contributed by atoms with Crippen molar-refractivity contribution < 1.29 is 24.2 Å². The molecule has 286 valence electrons. The molecule has 1 aromatic rings. The van der Waals surface area contributed by atoms with Gasteiger partial charge in [-0.15, -0.1) is 0 Å². The van der Waals surface area contributed by atoms with E-state index in [2.05, 4.69) is 57.4 Å². The molecule has 5 heterocycles. The third-order valence-corrected chi connectivity index (χ3v) is 11.4. The lowest BCUT2D eigenvalue weighted by Gasteiger charge is -2.21. The molecule has 10 heteroatoms. The zero-order valence-electron chi connectivity index (χ0n) is 33.6. The molecule has 1 fully saturated rings. The van der Waals surface area contributed by atoms with Crippen molar-refractivity contribution in [1.29, 1.82) is 0 Å². The normalized spacial score (nSPS) is 22.0. The number of nitrogens with one attached hydrogen (secondary N) is 2. The number of hydrogen-bond acceptors (Lipinski definition) is 9. The van der Waals surface area contributed by atoms with Gasteiger partial charge in [0.05, 0.1) is 41.3 Å². The van der Waals surface area contributed by atoms with Crippen molar-refractivity contribution in [3.63, 3.8) is 0 Å². The Balaban J connectivity index is 1.51. The van der Waals surface area contributed by atoms with Crippen molar-refractivity contribution in [1.82, 2.24) is 5.32 Å². The number of benzene rings is 1. The van der Waals surface area contributed by atoms with Gasteiger partial charge in [0.25, 0.3) is 0 Å². The first-order chi connectivity index (χ1) is 26.1. The van der Waals surface area contributed by atoms with Gasteiger partial charge in [-0.2, -0.15) is 0 Å². The average Bonchev–Trinajstić information content (AvgIpc) is 3.88. The van der Waals surface area contributed by atoms with Crippen LogP contribution in [0.5, 0.6) is 0 Å². The van der Waals surface area contributed by atoms with E-state index in [1.54, 1.807) is 0 Å². The first kappa shape index (κ1) is 37.8. The molecular weight excluding hydrogens is 691 g/mol. The fourth-order valence-electron chi connectivity index (χ4n) is 8.60. The molecule has 0 unspecified atom stereocenters. The Kier molecular flexibility index (Phi) is 9.82. The predicted octanol–water partition coefficient (Wildman–Crippen LogP) is 9.90. The molecule has 8 bridgehead atoms. The molecule has 0 aromatic heterocycles. The van der Waals surface area contributed by atoms with E-state index in [1.165, 1.54) is 7.11 Å². The van der Waals surface area contributed by atoms with E-state index >= 15 is 0 Å². The third-order valence-electron chi connectivity index (χ3n) is 11.4. The molecule has 0 spiro atoms. The van der Waals surface area contributed by atoms with Gasteiger partial charge in [0, 0.05) is 58.5 Å². The van der Waals surface area contributed by atoms with Crippen molar-refractivity contribution in [2.75, 3.05) is 12.4 Å². The van der Waals surface area contributed by atoms with Crippen LogP contribution in [-0.2, 0) is 14.3 Å². The topological polar surface area (TPSA) is 134 Å². The molecule has 1 saturated heterocycles. The summed E-state index contributed by atoms with van der Waals surface area (Å²) in [6, 6.07) is 7.76. The summed E-state index contributed by atoms with van der Waals surface area (Å²) in [5.41, 5.74) is 15.6. The standard InChI is InChI=1S/C45H51N5O5/c1-11-28-22(3)32-20-35-29(12-2)23(4)40(49-35)39(26-14-13-15-27(18-26)46-44(53)55-45(7,8)9)41-24(5)30(16-17-37(52)54-10)42(50-41)31-19-36(51)38-25(6)33(48-43(31)38)21-34(28)47-32/h13-15,18,20-21,24,30,50-51H,11-12,16-17,19H2,1-10H3,(H,46,53)/t24-,30-/m0/s1. The SMILES string of the molecule is CCC1=C(C)C2=NC1=CC1=C(C)C3=C(O)CC(=C4NC(=C(c5cccc(NC(=O)OC(C)(C)C)c5)C5=NC(=C2)C(CC)=C5C)[C@@H](C)[C@@H]4CCC(=O)OC)C3=N1. The highest BCUT2D eigenvalue weighted by atomic mass is 16.6. The van der Waals surface area contributed by atoms with Crippen LogP contribution < -0.4 is 10.6 Å². The van der Waals surface area contributed by atoms with Gasteiger partial charge in [-0.3, -0.25) is 10.1 Å². The van der Waals surface area contributed by atoms with Gasteiger partial charge in [-0.1, -0.05) is 32.9 Å². The van der Waals surface area contributed by atoms with Gasteiger partial charge in [0.2, 0.25) is 0 Å². The molecule has 3 N–H and O–H groups in total. The maximum absolute atomic E-state index is 12.9. The molecule has 5 aliphatic heterocycles. The Morgan fingerprint density at radius 1 is 0.927 bits per heavy atom. The number of carbonyl (C=O) groups is 2. The number of aliphatic hydroxyl groups is 1. The zero-order valence-corrected chi connectivity index (χ0v) is 33.6. The number of anilines is 1. The van der Waals surface area contributed by atoms with Crippen LogP contribution in [0.15, 0.2) is 125 Å². The first-order valence-electron chi connectivity index (χ1n) is 19.3. The second kappa shape index (κ2) is 14.3. The molecule has 1 aliphatic carbocycles. The Hall–Kier alpha value is -5.51. The summed E-state index contributed by atoms with van der Waals surface area (Å²) in [6.45, 7) is 18.2. The lowest BCUT2D eigenvalue weighted by atomic mass is 9.83. The summed E-state index contributed by atoms with van der Waals surface area (Å²) in [7, 11) is 1.41. The van der Waals surface area contributed by atoms with Crippen molar-refractivity contribution in [3.8, 4) is 0 Å². The number of carbonyl (C=O) groups excluding carboxylic acids is 2. The predicted molar refractivity (Wildman–Crippen MR) is 219 cm³/mol. The van der Waals surface area contributed by atoms with Crippen LogP contribution in [0.3, 0.4) is 0 Å². The molecule has 2 atom stereocenters. The number of hydrogen-bond donors (Lipinski definition) is 3. The maximum Gasteiger partial charge on any atom is 0.412 e.